The molecular weight excluding hydrogens is 324 g/mol. The molecule has 0 aliphatic heterocycles. The van der Waals surface area contributed by atoms with Crippen LogP contribution in [0.5, 0.6) is 0 Å². The lowest BCUT2D eigenvalue weighted by Crippen LogP contribution is -2.27. The number of thiazole rings is 1. The van der Waals surface area contributed by atoms with Gasteiger partial charge in [-0.15, -0.1) is 22.7 Å². The third-order valence-electron chi connectivity index (χ3n) is 3.60. The number of aryl methyl sites for hydroxylation is 1. The standard InChI is InChI=1S/C18H20N2OS2/c1-14-19-10-16(23-14)12-20(11-15-6-3-2-4-7-15)13-17(21)18-8-5-9-22-18/h2-10,17,21H,11-13H2,1H3. The second-order valence-electron chi connectivity index (χ2n) is 5.53. The van der Waals surface area contributed by atoms with Crippen LogP contribution in [0.3, 0.4) is 0 Å². The first kappa shape index (κ1) is 16.3. The van der Waals surface area contributed by atoms with E-state index in [4.69, 9.17) is 0 Å². The maximum Gasteiger partial charge on any atom is 0.101 e. The summed E-state index contributed by atoms with van der Waals surface area (Å²) in [5.41, 5.74) is 1.26. The zero-order chi connectivity index (χ0) is 16.1. The van der Waals surface area contributed by atoms with Gasteiger partial charge in [-0.1, -0.05) is 36.4 Å². The van der Waals surface area contributed by atoms with Gasteiger partial charge in [0.15, 0.2) is 0 Å². The minimum absolute atomic E-state index is 0.451. The summed E-state index contributed by atoms with van der Waals surface area (Å²) < 4.78 is 0. The fourth-order valence-corrected chi connectivity index (χ4v) is 4.08. The Bertz CT molecular complexity index is 710. The van der Waals surface area contributed by atoms with E-state index in [-0.39, 0.29) is 0 Å². The second kappa shape index (κ2) is 7.84. The van der Waals surface area contributed by atoms with Crippen molar-refractivity contribution in [3.63, 3.8) is 0 Å². The summed E-state index contributed by atoms with van der Waals surface area (Å²) >= 11 is 3.32. The van der Waals surface area contributed by atoms with E-state index < -0.39 is 6.10 Å². The molecule has 5 heteroatoms. The number of hydrogen-bond donors (Lipinski definition) is 1. The van der Waals surface area contributed by atoms with Gasteiger partial charge in [-0.2, -0.15) is 0 Å². The van der Waals surface area contributed by atoms with E-state index in [9.17, 15) is 5.11 Å². The molecule has 1 unspecified atom stereocenters. The molecule has 0 fully saturated rings. The van der Waals surface area contributed by atoms with Crippen LogP contribution in [0, 0.1) is 6.92 Å². The molecule has 0 aliphatic carbocycles. The molecule has 2 aromatic heterocycles. The zero-order valence-electron chi connectivity index (χ0n) is 13.1. The molecule has 3 nitrogen and oxygen atoms in total. The molecule has 0 radical (unpaired) electrons. The van der Waals surface area contributed by atoms with Gasteiger partial charge >= 0.3 is 0 Å². The van der Waals surface area contributed by atoms with Crippen LogP contribution in [0.4, 0.5) is 0 Å². The Morgan fingerprint density at radius 3 is 2.61 bits per heavy atom. The van der Waals surface area contributed by atoms with Crippen molar-refractivity contribution in [3.05, 3.63) is 74.4 Å². The van der Waals surface area contributed by atoms with E-state index in [1.807, 2.05) is 36.7 Å². The van der Waals surface area contributed by atoms with Gasteiger partial charge in [0.25, 0.3) is 0 Å². The molecule has 3 aromatic rings. The highest BCUT2D eigenvalue weighted by Gasteiger charge is 2.16. The van der Waals surface area contributed by atoms with Crippen LogP contribution in [0.2, 0.25) is 0 Å². The lowest BCUT2D eigenvalue weighted by atomic mass is 10.2. The van der Waals surface area contributed by atoms with Crippen molar-refractivity contribution in [1.82, 2.24) is 9.88 Å². The summed E-state index contributed by atoms with van der Waals surface area (Å²) in [7, 11) is 0. The second-order valence-corrected chi connectivity index (χ2v) is 7.83. The van der Waals surface area contributed by atoms with Gasteiger partial charge in [0, 0.05) is 35.6 Å². The highest BCUT2D eigenvalue weighted by Crippen LogP contribution is 2.23. The largest absolute Gasteiger partial charge is 0.386 e. The van der Waals surface area contributed by atoms with Gasteiger partial charge in [-0.05, 0) is 23.9 Å². The van der Waals surface area contributed by atoms with Gasteiger partial charge in [0.05, 0.1) is 5.01 Å². The highest BCUT2D eigenvalue weighted by atomic mass is 32.1. The van der Waals surface area contributed by atoms with Crippen LogP contribution in [0.25, 0.3) is 0 Å². The molecule has 23 heavy (non-hydrogen) atoms. The number of thiophene rings is 1. The van der Waals surface area contributed by atoms with Gasteiger partial charge in [-0.25, -0.2) is 4.98 Å². The average molecular weight is 345 g/mol. The molecule has 1 aromatic carbocycles. The molecule has 0 amide bonds. The number of benzene rings is 1. The summed E-state index contributed by atoms with van der Waals surface area (Å²) in [6, 6.07) is 14.4. The number of nitrogens with zero attached hydrogens (tertiary/aromatic N) is 2. The van der Waals surface area contributed by atoms with Gasteiger partial charge in [0.2, 0.25) is 0 Å². The van der Waals surface area contributed by atoms with Crippen molar-refractivity contribution in [2.45, 2.75) is 26.1 Å². The molecular formula is C18H20N2OS2. The van der Waals surface area contributed by atoms with Crippen LogP contribution < -0.4 is 0 Å². The third-order valence-corrected chi connectivity index (χ3v) is 5.47. The van der Waals surface area contributed by atoms with E-state index in [1.165, 1.54) is 10.4 Å². The van der Waals surface area contributed by atoms with E-state index in [0.717, 1.165) is 23.0 Å². The predicted octanol–water partition coefficient (Wildman–Crippen LogP) is 4.25. The van der Waals surface area contributed by atoms with E-state index >= 15 is 0 Å². The Morgan fingerprint density at radius 1 is 1.13 bits per heavy atom. The van der Waals surface area contributed by atoms with Crippen LogP contribution in [-0.2, 0) is 13.1 Å². The number of rotatable bonds is 7. The number of hydrogen-bond acceptors (Lipinski definition) is 5. The van der Waals surface area contributed by atoms with Crippen LogP contribution >= 0.6 is 22.7 Å². The lowest BCUT2D eigenvalue weighted by Gasteiger charge is -2.24. The minimum Gasteiger partial charge on any atom is -0.386 e. The summed E-state index contributed by atoms with van der Waals surface area (Å²) in [6.07, 6.45) is 1.49. The van der Waals surface area contributed by atoms with Crippen molar-refractivity contribution in [1.29, 1.82) is 0 Å². The summed E-state index contributed by atoms with van der Waals surface area (Å²) in [5.74, 6) is 0. The summed E-state index contributed by atoms with van der Waals surface area (Å²) in [4.78, 5) is 8.87. The van der Waals surface area contributed by atoms with Gasteiger partial charge in [-0.3, -0.25) is 4.90 Å². The Labute approximate surface area is 144 Å². The Balaban J connectivity index is 1.72. The Kier molecular flexibility index (Phi) is 5.56. The fraction of sp³-hybridized carbons (Fsp3) is 0.278. The first-order valence-electron chi connectivity index (χ1n) is 7.60. The maximum atomic E-state index is 10.5. The van der Waals surface area contributed by atoms with Crippen LogP contribution in [0.1, 0.15) is 26.4 Å². The molecule has 0 spiro atoms. The molecule has 0 saturated heterocycles. The zero-order valence-corrected chi connectivity index (χ0v) is 14.7. The smallest absolute Gasteiger partial charge is 0.101 e. The molecule has 0 aliphatic rings. The highest BCUT2D eigenvalue weighted by molar-refractivity contribution is 7.11. The first-order chi connectivity index (χ1) is 11.2. The van der Waals surface area contributed by atoms with Crippen LogP contribution in [-0.4, -0.2) is 21.5 Å². The quantitative estimate of drug-likeness (QED) is 0.696. The lowest BCUT2D eigenvalue weighted by molar-refractivity contribution is 0.108. The van der Waals surface area contributed by atoms with Crippen molar-refractivity contribution < 1.29 is 5.11 Å². The molecule has 2 heterocycles. The van der Waals surface area contributed by atoms with E-state index in [1.54, 1.807) is 22.7 Å². The van der Waals surface area contributed by atoms with Crippen LogP contribution in [0.15, 0.2) is 54.0 Å². The molecule has 1 atom stereocenters. The van der Waals surface area contributed by atoms with Gasteiger partial charge in [0.1, 0.15) is 6.10 Å². The number of aliphatic hydroxyl groups excluding tert-OH is 1. The topological polar surface area (TPSA) is 36.4 Å². The monoisotopic (exact) mass is 344 g/mol. The average Bonchev–Trinajstić information content (AvgIpc) is 3.20. The Morgan fingerprint density at radius 2 is 1.96 bits per heavy atom. The Hall–Kier alpha value is -1.53. The predicted molar refractivity (Wildman–Crippen MR) is 96.7 cm³/mol. The summed E-state index contributed by atoms with van der Waals surface area (Å²) in [5, 5.41) is 13.6. The van der Waals surface area contributed by atoms with Crippen molar-refractivity contribution in [2.24, 2.45) is 0 Å². The van der Waals surface area contributed by atoms with Crippen molar-refractivity contribution >= 4 is 22.7 Å². The van der Waals surface area contributed by atoms with E-state index in [2.05, 4.69) is 34.1 Å². The van der Waals surface area contributed by atoms with Crippen molar-refractivity contribution in [2.75, 3.05) is 6.54 Å². The third kappa shape index (κ3) is 4.72. The molecule has 120 valence electrons. The SMILES string of the molecule is Cc1ncc(CN(Cc2ccccc2)CC(O)c2cccs2)s1. The van der Waals surface area contributed by atoms with E-state index in [0.29, 0.717) is 6.54 Å². The molecule has 1 N–H and O–H groups in total. The molecule has 3 rings (SSSR count). The normalized spacial score (nSPS) is 12.7. The minimum atomic E-state index is -0.451. The maximum absolute atomic E-state index is 10.5. The number of aliphatic hydroxyl groups is 1. The first-order valence-corrected chi connectivity index (χ1v) is 9.29. The molecule has 0 bridgehead atoms. The van der Waals surface area contributed by atoms with Crippen molar-refractivity contribution in [3.8, 4) is 0 Å². The fourth-order valence-electron chi connectivity index (χ4n) is 2.54. The number of aromatic nitrogens is 1. The molecule has 0 saturated carbocycles. The summed E-state index contributed by atoms with van der Waals surface area (Å²) in [6.45, 7) is 4.27. The van der Waals surface area contributed by atoms with Gasteiger partial charge < -0.3 is 5.11 Å².